The lowest BCUT2D eigenvalue weighted by Crippen LogP contribution is -2.38. The van der Waals surface area contributed by atoms with Crippen molar-refractivity contribution in [1.29, 1.82) is 0 Å². The van der Waals surface area contributed by atoms with Gasteiger partial charge in [-0.1, -0.05) is 6.42 Å². The van der Waals surface area contributed by atoms with Crippen LogP contribution in [0.4, 0.5) is 17.5 Å². The van der Waals surface area contributed by atoms with Crippen LogP contribution in [0, 0.1) is 11.3 Å². The van der Waals surface area contributed by atoms with Crippen molar-refractivity contribution in [2.45, 2.75) is 39.0 Å². The maximum atomic E-state index is 12.4. The predicted octanol–water partition coefficient (Wildman–Crippen LogP) is 4.21. The average molecular weight is 488 g/mol. The third kappa shape index (κ3) is 5.24. The van der Waals surface area contributed by atoms with Gasteiger partial charge in [-0.25, -0.2) is 15.0 Å². The monoisotopic (exact) mass is 487 g/mol. The topological polar surface area (TPSA) is 105 Å². The maximum absolute atomic E-state index is 12.4. The van der Waals surface area contributed by atoms with Gasteiger partial charge < -0.3 is 20.3 Å². The van der Waals surface area contributed by atoms with E-state index in [2.05, 4.69) is 25.5 Å². The highest BCUT2D eigenvalue weighted by Gasteiger charge is 2.43. The number of amides is 1. The van der Waals surface area contributed by atoms with Crippen molar-refractivity contribution in [1.82, 2.24) is 25.3 Å². The number of carbonyl (C=O) groups excluding carboxylic acids is 1. The summed E-state index contributed by atoms with van der Waals surface area (Å²) in [5, 5.41) is 6.19. The minimum Gasteiger partial charge on any atom is -0.494 e. The molecule has 1 saturated carbocycles. The van der Waals surface area contributed by atoms with Crippen LogP contribution < -0.4 is 20.3 Å². The molecule has 2 aliphatic rings. The van der Waals surface area contributed by atoms with Crippen LogP contribution in [0.3, 0.4) is 0 Å². The van der Waals surface area contributed by atoms with Gasteiger partial charge in [-0.3, -0.25) is 9.78 Å². The highest BCUT2D eigenvalue weighted by molar-refractivity contribution is 5.78. The zero-order valence-electron chi connectivity index (χ0n) is 20.9. The summed E-state index contributed by atoms with van der Waals surface area (Å²) in [5.74, 6) is 3.81. The Kier molecular flexibility index (Phi) is 6.97. The Morgan fingerprint density at radius 1 is 1.19 bits per heavy atom. The quantitative estimate of drug-likeness (QED) is 0.511. The molecule has 36 heavy (non-hydrogen) atoms. The van der Waals surface area contributed by atoms with E-state index >= 15 is 0 Å². The SMILES string of the molecule is CCOc1ccnc(Nc2cc(N3CCC4(CCCC(C(=O)NC)C4)C3)nc(-c3cccnc3)n2)c1. The molecule has 9 nitrogen and oxygen atoms in total. The van der Waals surface area contributed by atoms with Crippen LogP contribution in [0.15, 0.2) is 48.9 Å². The van der Waals surface area contributed by atoms with Crippen molar-refractivity contribution in [2.24, 2.45) is 11.3 Å². The van der Waals surface area contributed by atoms with Gasteiger partial charge in [-0.05, 0) is 56.2 Å². The maximum Gasteiger partial charge on any atom is 0.222 e. The van der Waals surface area contributed by atoms with Crippen LogP contribution in [0.2, 0.25) is 0 Å². The van der Waals surface area contributed by atoms with Crippen LogP contribution in [0.1, 0.15) is 39.0 Å². The average Bonchev–Trinajstić information content (AvgIpc) is 3.32. The van der Waals surface area contributed by atoms with Crippen molar-refractivity contribution in [3.05, 3.63) is 48.9 Å². The highest BCUT2D eigenvalue weighted by Crippen LogP contribution is 2.47. The normalized spacial score (nSPS) is 21.4. The van der Waals surface area contributed by atoms with E-state index < -0.39 is 0 Å². The lowest BCUT2D eigenvalue weighted by Gasteiger charge is -2.37. The molecular formula is C27H33N7O2. The molecule has 5 rings (SSSR count). The van der Waals surface area contributed by atoms with Crippen molar-refractivity contribution < 1.29 is 9.53 Å². The van der Waals surface area contributed by atoms with E-state index in [1.165, 1.54) is 0 Å². The van der Waals surface area contributed by atoms with Gasteiger partial charge >= 0.3 is 0 Å². The molecule has 2 fully saturated rings. The molecule has 0 aromatic carbocycles. The van der Waals surface area contributed by atoms with Gasteiger partial charge in [-0.2, -0.15) is 0 Å². The second-order valence-electron chi connectivity index (χ2n) is 9.69. The molecule has 9 heteroatoms. The van der Waals surface area contributed by atoms with E-state index in [4.69, 9.17) is 14.7 Å². The molecule has 3 aromatic heterocycles. The first-order valence-corrected chi connectivity index (χ1v) is 12.7. The molecule has 0 bridgehead atoms. The Bertz CT molecular complexity index is 1210. The zero-order valence-corrected chi connectivity index (χ0v) is 20.9. The van der Waals surface area contributed by atoms with Gasteiger partial charge in [0, 0.05) is 62.3 Å². The fraction of sp³-hybridized carbons (Fsp3) is 0.444. The van der Waals surface area contributed by atoms with E-state index in [0.29, 0.717) is 24.1 Å². The van der Waals surface area contributed by atoms with Crippen molar-refractivity contribution in [3.8, 4) is 17.1 Å². The Hall–Kier alpha value is -3.75. The third-order valence-corrected chi connectivity index (χ3v) is 7.25. The molecule has 0 radical (unpaired) electrons. The molecular weight excluding hydrogens is 454 g/mol. The fourth-order valence-corrected chi connectivity index (χ4v) is 5.53. The number of hydrogen-bond acceptors (Lipinski definition) is 8. The summed E-state index contributed by atoms with van der Waals surface area (Å²) in [6.07, 6.45) is 10.4. The van der Waals surface area contributed by atoms with Crippen molar-refractivity contribution in [3.63, 3.8) is 0 Å². The summed E-state index contributed by atoms with van der Waals surface area (Å²) in [6, 6.07) is 9.52. The minimum atomic E-state index is 0.0981. The van der Waals surface area contributed by atoms with E-state index in [1.54, 1.807) is 25.6 Å². The second kappa shape index (κ2) is 10.5. The molecule has 2 atom stereocenters. The van der Waals surface area contributed by atoms with Crippen LogP contribution in [-0.2, 0) is 4.79 Å². The molecule has 1 amide bonds. The molecule has 2 unspecified atom stereocenters. The number of anilines is 3. The summed E-state index contributed by atoms with van der Waals surface area (Å²) < 4.78 is 5.62. The zero-order chi connectivity index (χ0) is 25.0. The van der Waals surface area contributed by atoms with Gasteiger partial charge in [0.1, 0.15) is 23.2 Å². The lowest BCUT2D eigenvalue weighted by molar-refractivity contribution is -0.126. The molecule has 1 saturated heterocycles. The van der Waals surface area contributed by atoms with E-state index in [0.717, 1.165) is 62.3 Å². The molecule has 188 valence electrons. The predicted molar refractivity (Wildman–Crippen MR) is 139 cm³/mol. The number of rotatable bonds is 7. The minimum absolute atomic E-state index is 0.0981. The standard InChI is InChI=1S/C27H33N7O2/c1-3-36-21-8-12-30-22(14-21)31-23-15-24(33-25(32-23)20-7-5-11-29-17-20)34-13-10-27(18-34)9-4-6-19(16-27)26(35)28-2/h5,7-8,11-12,14-15,17,19H,3-4,6,9-10,13,16,18H2,1-2H3,(H,28,35)(H,30,31,32,33). The molecule has 1 aliphatic carbocycles. The summed E-state index contributed by atoms with van der Waals surface area (Å²) in [4.78, 5) is 33.1. The van der Waals surface area contributed by atoms with Crippen LogP contribution in [0.5, 0.6) is 5.75 Å². The third-order valence-electron chi connectivity index (χ3n) is 7.25. The second-order valence-corrected chi connectivity index (χ2v) is 9.69. The molecule has 1 spiro atoms. The Morgan fingerprint density at radius 3 is 2.92 bits per heavy atom. The lowest BCUT2D eigenvalue weighted by atomic mass is 9.69. The van der Waals surface area contributed by atoms with Gasteiger partial charge in [0.2, 0.25) is 5.91 Å². The molecule has 3 aromatic rings. The van der Waals surface area contributed by atoms with Gasteiger partial charge in [0.15, 0.2) is 5.82 Å². The smallest absolute Gasteiger partial charge is 0.222 e. The van der Waals surface area contributed by atoms with E-state index in [-0.39, 0.29) is 17.2 Å². The summed E-state index contributed by atoms with van der Waals surface area (Å²) in [7, 11) is 1.73. The van der Waals surface area contributed by atoms with Gasteiger partial charge in [-0.15, -0.1) is 0 Å². The largest absolute Gasteiger partial charge is 0.494 e. The summed E-state index contributed by atoms with van der Waals surface area (Å²) >= 11 is 0. The van der Waals surface area contributed by atoms with Crippen LogP contribution >= 0.6 is 0 Å². The van der Waals surface area contributed by atoms with Gasteiger partial charge in [0.25, 0.3) is 0 Å². The van der Waals surface area contributed by atoms with Gasteiger partial charge in [0.05, 0.1) is 6.61 Å². The number of hydrogen-bond donors (Lipinski definition) is 2. The number of aromatic nitrogens is 4. The molecule has 4 heterocycles. The number of carbonyl (C=O) groups is 1. The van der Waals surface area contributed by atoms with Crippen molar-refractivity contribution in [2.75, 3.05) is 37.0 Å². The first kappa shape index (κ1) is 24.0. The molecule has 2 N–H and O–H groups in total. The first-order chi connectivity index (χ1) is 17.6. The Labute approximate surface area is 211 Å². The van der Waals surface area contributed by atoms with Crippen LogP contribution in [-0.4, -0.2) is 52.6 Å². The summed E-state index contributed by atoms with van der Waals surface area (Å²) in [5.41, 5.74) is 1.00. The fourth-order valence-electron chi connectivity index (χ4n) is 5.53. The van der Waals surface area contributed by atoms with E-state index in [9.17, 15) is 4.79 Å². The Morgan fingerprint density at radius 2 is 2.11 bits per heavy atom. The molecule has 1 aliphatic heterocycles. The highest BCUT2D eigenvalue weighted by atomic mass is 16.5. The summed E-state index contributed by atoms with van der Waals surface area (Å²) in [6.45, 7) is 4.34. The van der Waals surface area contributed by atoms with Crippen molar-refractivity contribution >= 4 is 23.4 Å². The number of nitrogens with one attached hydrogen (secondary N) is 2. The Balaban J connectivity index is 1.43. The van der Waals surface area contributed by atoms with Crippen LogP contribution in [0.25, 0.3) is 11.4 Å². The first-order valence-electron chi connectivity index (χ1n) is 12.7. The number of pyridine rings is 2. The number of ether oxygens (including phenoxy) is 1. The number of nitrogens with zero attached hydrogens (tertiary/aromatic N) is 5. The van der Waals surface area contributed by atoms with E-state index in [1.807, 2.05) is 37.3 Å².